The third-order valence-corrected chi connectivity index (χ3v) is 3.34. The van der Waals surface area contributed by atoms with Crippen LogP contribution in [0.25, 0.3) is 0 Å². The molecule has 0 atom stereocenters. The van der Waals surface area contributed by atoms with E-state index in [-0.39, 0.29) is 24.1 Å². The van der Waals surface area contributed by atoms with E-state index < -0.39 is 29.6 Å². The summed E-state index contributed by atoms with van der Waals surface area (Å²) in [4.78, 5) is 67.7. The molecule has 1 aromatic carbocycles. The number of nitrogens with zero attached hydrogens (tertiary/aromatic N) is 2. The first-order valence-electron chi connectivity index (χ1n) is 6.88. The Labute approximate surface area is 134 Å². The summed E-state index contributed by atoms with van der Waals surface area (Å²) in [7, 11) is 0. The fraction of sp³-hybridized carbons (Fsp3) is 0.133. The van der Waals surface area contributed by atoms with Gasteiger partial charge in [0.1, 0.15) is 0 Å². The molecule has 2 aliphatic rings. The van der Waals surface area contributed by atoms with Crippen LogP contribution in [-0.2, 0) is 29.1 Å². The largest absolute Gasteiger partial charge is 0.375 e. The molecule has 0 bridgehead atoms. The highest BCUT2D eigenvalue weighted by atomic mass is 17.3. The van der Waals surface area contributed by atoms with Crippen molar-refractivity contribution in [2.45, 2.75) is 12.8 Å². The van der Waals surface area contributed by atoms with Gasteiger partial charge < -0.3 is 0 Å². The molecule has 24 heavy (non-hydrogen) atoms. The quantitative estimate of drug-likeness (QED) is 0.442. The van der Waals surface area contributed by atoms with E-state index in [0.29, 0.717) is 5.06 Å². The van der Waals surface area contributed by atoms with Crippen molar-refractivity contribution in [2.24, 2.45) is 0 Å². The van der Waals surface area contributed by atoms with Crippen LogP contribution in [0.5, 0.6) is 0 Å². The molecule has 9 heteroatoms. The summed E-state index contributed by atoms with van der Waals surface area (Å²) in [5, 5.41) is 0.374. The molecular formula is C15H10N2O7. The Morgan fingerprint density at radius 3 is 2.21 bits per heavy atom. The molecule has 0 saturated carbocycles. The minimum atomic E-state index is -0.989. The fourth-order valence-electron chi connectivity index (χ4n) is 2.19. The summed E-state index contributed by atoms with van der Waals surface area (Å²) in [6.07, 6.45) is 2.19. The Balaban J connectivity index is 1.71. The molecule has 2 heterocycles. The van der Waals surface area contributed by atoms with Crippen molar-refractivity contribution < 1.29 is 33.8 Å². The zero-order chi connectivity index (χ0) is 17.3. The molecule has 122 valence electrons. The molecule has 1 saturated heterocycles. The van der Waals surface area contributed by atoms with Gasteiger partial charge in [-0.15, -0.1) is 5.06 Å². The van der Waals surface area contributed by atoms with Gasteiger partial charge in [-0.05, 0) is 23.2 Å². The van der Waals surface area contributed by atoms with Gasteiger partial charge in [0.05, 0.1) is 11.3 Å². The van der Waals surface area contributed by atoms with E-state index >= 15 is 0 Å². The number of hydrogen-bond acceptors (Lipinski definition) is 7. The van der Waals surface area contributed by atoms with Gasteiger partial charge >= 0.3 is 5.97 Å². The van der Waals surface area contributed by atoms with Crippen LogP contribution < -0.4 is 4.90 Å². The molecule has 0 spiro atoms. The first-order valence-corrected chi connectivity index (χ1v) is 6.88. The third-order valence-electron chi connectivity index (χ3n) is 3.34. The Morgan fingerprint density at radius 1 is 0.958 bits per heavy atom. The van der Waals surface area contributed by atoms with Crippen molar-refractivity contribution in [3.8, 4) is 0 Å². The van der Waals surface area contributed by atoms with E-state index in [9.17, 15) is 24.0 Å². The molecule has 0 unspecified atom stereocenters. The van der Waals surface area contributed by atoms with E-state index in [0.717, 1.165) is 17.1 Å². The summed E-state index contributed by atoms with van der Waals surface area (Å²) < 4.78 is 0. The molecule has 0 N–H and O–H groups in total. The van der Waals surface area contributed by atoms with Crippen LogP contribution in [0.15, 0.2) is 36.4 Å². The van der Waals surface area contributed by atoms with Crippen molar-refractivity contribution in [2.75, 3.05) is 4.90 Å². The average molecular weight is 330 g/mol. The van der Waals surface area contributed by atoms with Gasteiger partial charge in [-0.2, -0.15) is 0 Å². The highest BCUT2D eigenvalue weighted by molar-refractivity contribution is 6.28. The summed E-state index contributed by atoms with van der Waals surface area (Å²) in [5.74, 6) is -3.27. The SMILES string of the molecule is O=C(OON1C(=O)CCC1=O)c1cccc(N2C(=O)C=CC2=O)c1. The van der Waals surface area contributed by atoms with Crippen LogP contribution in [0.3, 0.4) is 0 Å². The standard InChI is InChI=1S/C15H10N2O7/c18-11-4-5-12(19)16(11)10-3-1-2-9(8-10)15(22)23-24-17-13(20)6-7-14(17)21/h1-5,8H,6-7H2. The maximum absolute atomic E-state index is 11.9. The number of hydrogen-bond donors (Lipinski definition) is 0. The summed E-state index contributed by atoms with van der Waals surface area (Å²) in [5.41, 5.74) is 0.150. The number of carbonyl (C=O) groups is 5. The molecule has 0 radical (unpaired) electrons. The minimum Gasteiger partial charge on any atom is -0.272 e. The summed E-state index contributed by atoms with van der Waals surface area (Å²) in [6, 6.07) is 5.52. The zero-order valence-corrected chi connectivity index (χ0v) is 12.1. The van der Waals surface area contributed by atoms with Crippen LogP contribution in [0.1, 0.15) is 23.2 Å². The molecule has 0 aliphatic carbocycles. The maximum Gasteiger partial charge on any atom is 0.375 e. The van der Waals surface area contributed by atoms with Crippen molar-refractivity contribution in [3.63, 3.8) is 0 Å². The third kappa shape index (κ3) is 2.79. The van der Waals surface area contributed by atoms with E-state index in [1.807, 2.05) is 0 Å². The second-order valence-electron chi connectivity index (χ2n) is 4.92. The molecular weight excluding hydrogens is 320 g/mol. The second kappa shape index (κ2) is 6.05. The van der Waals surface area contributed by atoms with Gasteiger partial charge in [0.2, 0.25) is 0 Å². The molecule has 4 amide bonds. The number of carbonyl (C=O) groups excluding carboxylic acids is 5. The van der Waals surface area contributed by atoms with Crippen LogP contribution in [0.4, 0.5) is 5.69 Å². The van der Waals surface area contributed by atoms with Gasteiger partial charge in [-0.1, -0.05) is 6.07 Å². The lowest BCUT2D eigenvalue weighted by atomic mass is 10.2. The van der Waals surface area contributed by atoms with Gasteiger partial charge in [0, 0.05) is 25.0 Å². The highest BCUT2D eigenvalue weighted by Gasteiger charge is 2.32. The van der Waals surface area contributed by atoms with Crippen LogP contribution in [0, 0.1) is 0 Å². The Hall–Kier alpha value is -3.33. The Morgan fingerprint density at radius 2 is 1.58 bits per heavy atom. The highest BCUT2D eigenvalue weighted by Crippen LogP contribution is 2.21. The van der Waals surface area contributed by atoms with Gasteiger partial charge in [-0.3, -0.25) is 24.1 Å². The smallest absolute Gasteiger partial charge is 0.272 e. The van der Waals surface area contributed by atoms with Crippen molar-refractivity contribution in [1.82, 2.24) is 5.06 Å². The normalized spacial score (nSPS) is 17.2. The maximum atomic E-state index is 11.9. The molecule has 1 aromatic rings. The summed E-state index contributed by atoms with van der Waals surface area (Å²) >= 11 is 0. The van der Waals surface area contributed by atoms with Gasteiger partial charge in [0.25, 0.3) is 23.6 Å². The number of hydroxylamine groups is 2. The monoisotopic (exact) mass is 330 g/mol. The van der Waals surface area contributed by atoms with Crippen molar-refractivity contribution in [3.05, 3.63) is 42.0 Å². The molecule has 0 aromatic heterocycles. The number of imide groups is 2. The average Bonchev–Trinajstić information content (AvgIpc) is 3.07. The molecule has 1 fully saturated rings. The first-order chi connectivity index (χ1) is 11.5. The number of amides is 4. The second-order valence-corrected chi connectivity index (χ2v) is 4.92. The zero-order valence-electron chi connectivity index (χ0n) is 12.1. The van der Waals surface area contributed by atoms with Crippen molar-refractivity contribution >= 4 is 35.3 Å². The predicted octanol–water partition coefficient (Wildman–Crippen LogP) is 0.268. The number of anilines is 1. The summed E-state index contributed by atoms with van der Waals surface area (Å²) in [6.45, 7) is 0. The predicted molar refractivity (Wildman–Crippen MR) is 75.7 cm³/mol. The van der Waals surface area contributed by atoms with Crippen molar-refractivity contribution in [1.29, 1.82) is 0 Å². The van der Waals surface area contributed by atoms with E-state index in [1.165, 1.54) is 24.3 Å². The van der Waals surface area contributed by atoms with E-state index in [1.54, 1.807) is 0 Å². The number of benzene rings is 1. The molecule has 9 nitrogen and oxygen atoms in total. The lowest BCUT2D eigenvalue weighted by molar-refractivity contribution is -0.353. The van der Waals surface area contributed by atoms with Gasteiger partial charge in [-0.25, -0.2) is 9.69 Å². The van der Waals surface area contributed by atoms with E-state index in [4.69, 9.17) is 0 Å². The topological polar surface area (TPSA) is 110 Å². The Bertz CT molecular complexity index is 765. The minimum absolute atomic E-state index is 0.0158. The van der Waals surface area contributed by atoms with Crippen LogP contribution >= 0.6 is 0 Å². The van der Waals surface area contributed by atoms with Gasteiger partial charge in [0.15, 0.2) is 0 Å². The molecule has 2 aliphatic heterocycles. The Kier molecular flexibility index (Phi) is 3.92. The lowest BCUT2D eigenvalue weighted by Crippen LogP contribution is -2.31. The molecule has 3 rings (SSSR count). The van der Waals surface area contributed by atoms with Crippen LogP contribution in [-0.4, -0.2) is 34.7 Å². The van der Waals surface area contributed by atoms with E-state index in [2.05, 4.69) is 9.88 Å². The van der Waals surface area contributed by atoms with Crippen LogP contribution in [0.2, 0.25) is 0 Å². The first kappa shape index (κ1) is 15.6. The lowest BCUT2D eigenvalue weighted by Gasteiger charge is -2.14. The number of rotatable bonds is 4. The fourth-order valence-corrected chi connectivity index (χ4v) is 2.19.